The van der Waals surface area contributed by atoms with Crippen LogP contribution in [0, 0.1) is 0 Å². The summed E-state index contributed by atoms with van der Waals surface area (Å²) in [6.45, 7) is 0. The maximum absolute atomic E-state index is 5.89. The number of hydrogen-bond acceptors (Lipinski definition) is 2. The van der Waals surface area contributed by atoms with Crippen molar-refractivity contribution in [2.45, 2.75) is 0 Å². The number of hydrogen-bond donors (Lipinski definition) is 0. The van der Waals surface area contributed by atoms with Crippen LogP contribution in [0.25, 0.3) is 0 Å². The Labute approximate surface area is 125 Å². The monoisotopic (exact) mass is 395 g/mol. The van der Waals surface area contributed by atoms with Gasteiger partial charge in [-0.2, -0.15) is 0 Å². The lowest BCUT2D eigenvalue weighted by Crippen LogP contribution is -1.89. The smallest absolute Gasteiger partial charge is 0.233 e. The fraction of sp³-hybridized carbons (Fsp3) is 0. The maximum Gasteiger partial charge on any atom is 0.233 e. The molecule has 88 valence electrons. The highest BCUT2D eigenvalue weighted by Crippen LogP contribution is 2.32. The predicted molar refractivity (Wildman–Crippen MR) is 76.2 cm³/mol. The van der Waals surface area contributed by atoms with E-state index in [2.05, 4.69) is 36.8 Å². The van der Waals surface area contributed by atoms with Gasteiger partial charge in [0.05, 0.1) is 14.5 Å². The molecule has 2 rings (SSSR count). The molecule has 0 spiro atoms. The molecular weight excluding hydrogens is 393 g/mol. The molecule has 1 aromatic carbocycles. The van der Waals surface area contributed by atoms with E-state index in [4.69, 9.17) is 27.9 Å². The lowest BCUT2D eigenvalue weighted by atomic mass is 10.3. The summed E-state index contributed by atoms with van der Waals surface area (Å²) in [5.74, 6) is 1.04. The van der Waals surface area contributed by atoms with Crippen molar-refractivity contribution in [3.05, 3.63) is 49.5 Å². The molecule has 1 heterocycles. The van der Waals surface area contributed by atoms with Gasteiger partial charge in [0.25, 0.3) is 0 Å². The molecule has 0 amide bonds. The summed E-state index contributed by atoms with van der Waals surface area (Å²) in [5, 5.41) is 0.930. The first-order valence-corrected chi connectivity index (χ1v) is 6.84. The number of pyridine rings is 1. The van der Waals surface area contributed by atoms with Crippen LogP contribution in [0.2, 0.25) is 10.0 Å². The van der Waals surface area contributed by atoms with Gasteiger partial charge in [-0.15, -0.1) is 0 Å². The van der Waals surface area contributed by atoms with Crippen molar-refractivity contribution in [2.75, 3.05) is 0 Å². The van der Waals surface area contributed by atoms with Crippen LogP contribution in [0.4, 0.5) is 0 Å². The van der Waals surface area contributed by atoms with Gasteiger partial charge in [0.1, 0.15) is 5.75 Å². The minimum atomic E-state index is 0.442. The Morgan fingerprint density at radius 1 is 1.06 bits per heavy atom. The predicted octanol–water partition coefficient (Wildman–Crippen LogP) is 5.71. The molecule has 17 heavy (non-hydrogen) atoms. The average Bonchev–Trinajstić information content (AvgIpc) is 2.27. The summed E-state index contributed by atoms with van der Waals surface area (Å²) in [6.07, 6.45) is 1.65. The molecule has 0 unspecified atom stereocenters. The molecule has 0 aliphatic heterocycles. The first-order chi connectivity index (χ1) is 8.06. The van der Waals surface area contributed by atoms with E-state index in [-0.39, 0.29) is 0 Å². The van der Waals surface area contributed by atoms with Crippen molar-refractivity contribution >= 4 is 55.1 Å². The number of halogens is 4. The number of nitrogens with zero attached hydrogens (tertiary/aromatic N) is 1. The first kappa shape index (κ1) is 13.1. The van der Waals surface area contributed by atoms with Crippen LogP contribution in [0.15, 0.2) is 39.4 Å². The highest BCUT2D eigenvalue weighted by molar-refractivity contribution is 9.11. The Balaban J connectivity index is 2.28. The number of benzene rings is 1. The topological polar surface area (TPSA) is 22.1 Å². The van der Waals surface area contributed by atoms with Gasteiger partial charge >= 0.3 is 0 Å². The van der Waals surface area contributed by atoms with Gasteiger partial charge in [0, 0.05) is 16.7 Å². The zero-order chi connectivity index (χ0) is 12.4. The molecule has 1 aromatic heterocycles. The third kappa shape index (κ3) is 3.35. The van der Waals surface area contributed by atoms with Crippen molar-refractivity contribution in [1.82, 2.24) is 4.98 Å². The van der Waals surface area contributed by atoms with Gasteiger partial charge < -0.3 is 4.74 Å². The molecule has 0 saturated heterocycles. The van der Waals surface area contributed by atoms with Crippen molar-refractivity contribution in [2.24, 2.45) is 0 Å². The molecule has 2 aromatic rings. The summed E-state index contributed by atoms with van der Waals surface area (Å²) in [7, 11) is 0. The Kier molecular flexibility index (Phi) is 4.31. The summed E-state index contributed by atoms with van der Waals surface area (Å²) in [4.78, 5) is 4.13. The highest BCUT2D eigenvalue weighted by atomic mass is 79.9. The van der Waals surface area contributed by atoms with E-state index in [1.165, 1.54) is 0 Å². The molecule has 0 saturated carbocycles. The second-order valence-electron chi connectivity index (χ2n) is 3.12. The molecule has 0 atom stereocenters. The van der Waals surface area contributed by atoms with Crippen molar-refractivity contribution in [3.63, 3.8) is 0 Å². The first-order valence-electron chi connectivity index (χ1n) is 4.50. The lowest BCUT2D eigenvalue weighted by molar-refractivity contribution is 0.459. The van der Waals surface area contributed by atoms with Crippen LogP contribution in [0.5, 0.6) is 11.6 Å². The number of ether oxygens (including phenoxy) is 1. The highest BCUT2D eigenvalue weighted by Gasteiger charge is 2.06. The molecule has 6 heteroatoms. The van der Waals surface area contributed by atoms with E-state index in [1.807, 2.05) is 6.07 Å². The number of aromatic nitrogens is 1. The van der Waals surface area contributed by atoms with Gasteiger partial charge in [-0.05, 0) is 50.1 Å². The average molecular weight is 398 g/mol. The maximum atomic E-state index is 5.89. The molecule has 0 N–H and O–H groups in total. The van der Waals surface area contributed by atoms with Crippen LogP contribution in [-0.2, 0) is 0 Å². The molecule has 0 aliphatic carbocycles. The minimum Gasteiger partial charge on any atom is -0.438 e. The quantitative estimate of drug-likeness (QED) is 0.647. The van der Waals surface area contributed by atoms with Crippen molar-refractivity contribution < 1.29 is 4.74 Å². The summed E-state index contributed by atoms with van der Waals surface area (Å²) in [6, 6.07) is 6.89. The number of rotatable bonds is 2. The normalized spacial score (nSPS) is 10.4. The molecule has 2 nitrogen and oxygen atoms in total. The fourth-order valence-corrected chi connectivity index (χ4v) is 2.49. The van der Waals surface area contributed by atoms with Crippen molar-refractivity contribution in [1.29, 1.82) is 0 Å². The van der Waals surface area contributed by atoms with E-state index in [0.717, 1.165) is 8.95 Å². The second-order valence-corrected chi connectivity index (χ2v) is 5.70. The zero-order valence-electron chi connectivity index (χ0n) is 8.25. The Morgan fingerprint density at radius 2 is 1.82 bits per heavy atom. The van der Waals surface area contributed by atoms with Crippen LogP contribution < -0.4 is 4.74 Å². The summed E-state index contributed by atoms with van der Waals surface area (Å²) >= 11 is 18.4. The van der Waals surface area contributed by atoms with Gasteiger partial charge in [0.2, 0.25) is 5.88 Å². The Morgan fingerprint density at radius 3 is 2.47 bits per heavy atom. The van der Waals surface area contributed by atoms with E-state index in [9.17, 15) is 0 Å². The summed E-state index contributed by atoms with van der Waals surface area (Å²) < 4.78 is 7.19. The Hall–Kier alpha value is -0.290. The molecule has 0 bridgehead atoms. The fourth-order valence-electron chi connectivity index (χ4n) is 1.13. The third-order valence-corrected chi connectivity index (χ3v) is 3.62. The minimum absolute atomic E-state index is 0.442. The largest absolute Gasteiger partial charge is 0.438 e. The van der Waals surface area contributed by atoms with Gasteiger partial charge in [-0.1, -0.05) is 23.2 Å². The van der Waals surface area contributed by atoms with E-state index in [0.29, 0.717) is 21.7 Å². The summed E-state index contributed by atoms with van der Waals surface area (Å²) in [5.41, 5.74) is 0. The van der Waals surface area contributed by atoms with Crippen LogP contribution >= 0.6 is 55.1 Å². The Bertz CT molecular complexity index is 563. The third-order valence-electron chi connectivity index (χ3n) is 1.88. The standard InChI is InChI=1S/C11H5Br2Cl2NO/c12-6-3-8(13)11(16-5-6)17-7-1-2-9(14)10(15)4-7/h1-5H. The van der Waals surface area contributed by atoms with Crippen LogP contribution in [0.1, 0.15) is 0 Å². The van der Waals surface area contributed by atoms with Gasteiger partial charge in [-0.3, -0.25) is 0 Å². The molecular formula is C11H5Br2Cl2NO. The van der Waals surface area contributed by atoms with Crippen molar-refractivity contribution in [3.8, 4) is 11.6 Å². The molecule has 0 fully saturated rings. The van der Waals surface area contributed by atoms with E-state index < -0.39 is 0 Å². The van der Waals surface area contributed by atoms with Gasteiger partial charge in [0.15, 0.2) is 0 Å². The lowest BCUT2D eigenvalue weighted by Gasteiger charge is -2.07. The van der Waals surface area contributed by atoms with Crippen LogP contribution in [0.3, 0.4) is 0 Å². The van der Waals surface area contributed by atoms with Gasteiger partial charge in [-0.25, -0.2) is 4.98 Å². The molecule has 0 radical (unpaired) electrons. The van der Waals surface area contributed by atoms with E-state index >= 15 is 0 Å². The van der Waals surface area contributed by atoms with E-state index in [1.54, 1.807) is 24.4 Å². The zero-order valence-corrected chi connectivity index (χ0v) is 12.9. The molecule has 0 aliphatic rings. The van der Waals surface area contributed by atoms with Crippen LogP contribution in [-0.4, -0.2) is 4.98 Å². The second kappa shape index (κ2) is 5.57. The SMILES string of the molecule is Clc1ccc(Oc2ncc(Br)cc2Br)cc1Cl.